The molecule has 2 aromatic carbocycles. The highest BCUT2D eigenvalue weighted by atomic mass is 35.5. The summed E-state index contributed by atoms with van der Waals surface area (Å²) in [7, 11) is -4.22. The highest BCUT2D eigenvalue weighted by molar-refractivity contribution is 7.89. The van der Waals surface area contributed by atoms with E-state index in [1.54, 1.807) is 57.2 Å². The number of hydrogen-bond donors (Lipinski definition) is 3. The van der Waals surface area contributed by atoms with Crippen LogP contribution in [0.2, 0.25) is 10.0 Å². The number of rotatable bonds is 12. The Morgan fingerprint density at radius 1 is 1.13 bits per heavy atom. The maximum absolute atomic E-state index is 13.1. The third kappa shape index (κ3) is 8.84. The molecular weight excluding hydrogens is 677 g/mol. The zero-order valence-electron chi connectivity index (χ0n) is 25.8. The van der Waals surface area contributed by atoms with Crippen LogP contribution in [0.3, 0.4) is 0 Å². The number of nitrogens with one attached hydrogen (secondary N) is 1. The third-order valence-corrected chi connectivity index (χ3v) is 8.89. The minimum Gasteiger partial charge on any atom is -0.467 e. The second-order valence-corrected chi connectivity index (χ2v) is 13.5. The molecule has 4 N–H and O–H groups in total. The van der Waals surface area contributed by atoms with Gasteiger partial charge in [-0.3, -0.25) is 4.90 Å². The average Bonchev–Trinajstić information content (AvgIpc) is 3.52. The number of esters is 1. The zero-order chi connectivity index (χ0) is 34.4. The number of amides is 1. The van der Waals surface area contributed by atoms with Crippen LogP contribution in [-0.4, -0.2) is 68.7 Å². The van der Waals surface area contributed by atoms with Crippen LogP contribution in [0, 0.1) is 0 Å². The minimum atomic E-state index is -4.22. The molecule has 0 spiro atoms. The molecule has 3 aromatic rings. The number of furan rings is 1. The molecule has 1 aliphatic rings. The van der Waals surface area contributed by atoms with Crippen LogP contribution < -0.4 is 10.5 Å². The molecule has 1 saturated heterocycles. The minimum absolute atomic E-state index is 0.00576. The van der Waals surface area contributed by atoms with E-state index in [4.69, 9.17) is 51.7 Å². The van der Waals surface area contributed by atoms with Crippen LogP contribution >= 0.6 is 23.2 Å². The summed E-state index contributed by atoms with van der Waals surface area (Å²) in [4.78, 5) is 26.9. The molecule has 0 aliphatic carbocycles. The summed E-state index contributed by atoms with van der Waals surface area (Å²) in [6.45, 7) is 4.84. The van der Waals surface area contributed by atoms with E-state index in [9.17, 15) is 23.1 Å². The number of halogens is 2. The fourth-order valence-electron chi connectivity index (χ4n) is 4.91. The van der Waals surface area contributed by atoms with Gasteiger partial charge < -0.3 is 33.8 Å². The molecule has 1 aliphatic heterocycles. The van der Waals surface area contributed by atoms with E-state index in [0.717, 1.165) is 6.07 Å². The Kier molecular flexibility index (Phi) is 11.6. The number of carbonyl (C=O) groups is 2. The lowest BCUT2D eigenvalue weighted by molar-refractivity contribution is -0.295. The number of nitrogens with zero attached hydrogens (tertiary/aromatic N) is 1. The van der Waals surface area contributed by atoms with E-state index in [-0.39, 0.29) is 42.6 Å². The smallest absolute Gasteiger partial charge is 0.412 e. The number of nitrogens with two attached hydrogens (primary N) is 1. The highest BCUT2D eigenvalue weighted by Crippen LogP contribution is 2.40. The fraction of sp³-hybridized carbons (Fsp3) is 0.355. The van der Waals surface area contributed by atoms with Crippen LogP contribution in [-0.2, 0) is 41.3 Å². The Hall–Kier alpha value is -3.63. The van der Waals surface area contributed by atoms with Crippen molar-refractivity contribution >= 4 is 51.0 Å². The second kappa shape index (κ2) is 15.1. The predicted molar refractivity (Wildman–Crippen MR) is 172 cm³/mol. The molecule has 0 bridgehead atoms. The van der Waals surface area contributed by atoms with Gasteiger partial charge in [-0.15, -0.1) is 0 Å². The number of ether oxygens (including phenoxy) is 4. The first-order chi connectivity index (χ1) is 22.1. The van der Waals surface area contributed by atoms with Gasteiger partial charge >= 0.3 is 12.1 Å². The quantitative estimate of drug-likeness (QED) is 0.0994. The molecule has 1 amide bonds. The molecule has 2 atom stereocenters. The van der Waals surface area contributed by atoms with Gasteiger partial charge in [-0.25, -0.2) is 23.1 Å². The first-order valence-electron chi connectivity index (χ1n) is 14.2. The van der Waals surface area contributed by atoms with Crippen molar-refractivity contribution in [1.29, 1.82) is 0 Å². The van der Waals surface area contributed by atoms with E-state index in [1.165, 1.54) is 29.4 Å². The number of aliphatic hydroxyl groups is 1. The Morgan fingerprint density at radius 2 is 1.87 bits per heavy atom. The van der Waals surface area contributed by atoms with E-state index in [0.29, 0.717) is 16.3 Å². The van der Waals surface area contributed by atoms with E-state index in [2.05, 4.69) is 5.32 Å². The zero-order valence-corrected chi connectivity index (χ0v) is 28.1. The maximum Gasteiger partial charge on any atom is 0.412 e. The van der Waals surface area contributed by atoms with Crippen molar-refractivity contribution in [1.82, 2.24) is 4.90 Å². The number of carbonyl (C=O) groups excluding carboxylic acids is 2. The summed E-state index contributed by atoms with van der Waals surface area (Å²) in [5, 5.41) is 19.8. The molecule has 0 radical (unpaired) electrons. The molecular formula is C31H35Cl2N3O10S. The monoisotopic (exact) mass is 711 g/mol. The lowest BCUT2D eigenvalue weighted by Gasteiger charge is -2.52. The summed E-state index contributed by atoms with van der Waals surface area (Å²) >= 11 is 12.2. The van der Waals surface area contributed by atoms with Gasteiger partial charge in [0, 0.05) is 10.6 Å². The molecule has 1 aromatic heterocycles. The van der Waals surface area contributed by atoms with Gasteiger partial charge in [0.1, 0.15) is 17.3 Å². The lowest BCUT2D eigenvalue weighted by Crippen LogP contribution is -2.66. The predicted octanol–water partition coefficient (Wildman–Crippen LogP) is 5.01. The van der Waals surface area contributed by atoms with Crippen LogP contribution in [0.15, 0.2) is 76.3 Å². The SMILES string of the molecule is C[C@@H]1N(C(=O)OCOC/C=C/COC(=O)c2cc(S(N)(=O)=O)c(Cl)cc2NCc2ccco2)C(C)(C)CO[C@@]1(O)c1cccc(Cl)c1. The molecule has 2 heterocycles. The molecule has 47 heavy (non-hydrogen) atoms. The van der Waals surface area contributed by atoms with Crippen molar-refractivity contribution in [3.63, 3.8) is 0 Å². The maximum atomic E-state index is 13.1. The van der Waals surface area contributed by atoms with Crippen LogP contribution in [0.5, 0.6) is 0 Å². The summed E-state index contributed by atoms with van der Waals surface area (Å²) in [5.74, 6) is -2.09. The summed E-state index contributed by atoms with van der Waals surface area (Å²) in [6.07, 6.45) is 3.79. The number of primary sulfonamides is 1. The molecule has 13 nitrogen and oxygen atoms in total. The number of sulfonamides is 1. The molecule has 254 valence electrons. The Labute approximate surface area is 282 Å². The molecule has 0 unspecified atom stereocenters. The molecule has 4 rings (SSSR count). The van der Waals surface area contributed by atoms with Crippen molar-refractivity contribution < 1.29 is 46.5 Å². The second-order valence-electron chi connectivity index (χ2n) is 11.1. The van der Waals surface area contributed by atoms with Crippen molar-refractivity contribution in [2.45, 2.75) is 49.6 Å². The number of hydrogen-bond acceptors (Lipinski definition) is 11. The number of anilines is 1. The van der Waals surface area contributed by atoms with Crippen LogP contribution in [0.1, 0.15) is 42.5 Å². The first kappa shape index (κ1) is 36.2. The van der Waals surface area contributed by atoms with Crippen molar-refractivity contribution in [2.75, 3.05) is 31.9 Å². The van der Waals surface area contributed by atoms with Gasteiger partial charge in [-0.05, 0) is 63.2 Å². The highest BCUT2D eigenvalue weighted by Gasteiger charge is 2.52. The first-order valence-corrected chi connectivity index (χ1v) is 16.5. The van der Waals surface area contributed by atoms with E-state index >= 15 is 0 Å². The lowest BCUT2D eigenvalue weighted by atomic mass is 9.90. The van der Waals surface area contributed by atoms with Crippen molar-refractivity contribution in [3.05, 3.63) is 93.9 Å². The summed E-state index contributed by atoms with van der Waals surface area (Å²) < 4.78 is 51.0. The van der Waals surface area contributed by atoms with Crippen molar-refractivity contribution in [3.8, 4) is 0 Å². The Balaban J connectivity index is 1.29. The molecule has 16 heteroatoms. The largest absolute Gasteiger partial charge is 0.467 e. The summed E-state index contributed by atoms with van der Waals surface area (Å²) in [6, 6.07) is 11.4. The summed E-state index contributed by atoms with van der Waals surface area (Å²) in [5.41, 5.74) is -0.306. The van der Waals surface area contributed by atoms with Crippen molar-refractivity contribution in [2.24, 2.45) is 5.14 Å². The number of morpholine rings is 1. The van der Waals surface area contributed by atoms with Gasteiger partial charge in [0.2, 0.25) is 15.8 Å². The van der Waals surface area contributed by atoms with Crippen LogP contribution in [0.25, 0.3) is 0 Å². The normalized spacial score (nSPS) is 19.5. The van der Waals surface area contributed by atoms with Crippen LogP contribution in [0.4, 0.5) is 10.5 Å². The topological polar surface area (TPSA) is 180 Å². The van der Waals surface area contributed by atoms with Gasteiger partial charge in [0.25, 0.3) is 0 Å². The fourth-order valence-corrected chi connectivity index (χ4v) is 6.20. The standard InChI is InChI=1S/C31H35Cl2N3O10S/c1-20-31(39,21-8-6-9-22(32)14-21)46-18-30(2,3)36(20)29(38)45-19-42-11-4-5-12-44-28(37)24-15-27(47(34,40)41)25(33)16-26(24)35-17-23-10-7-13-43-23/h4-10,13-16,20,35,39H,11-12,17-19H2,1-3H3,(H2,34,40,41)/b5-4+/t20-,31+/m0/s1. The van der Waals surface area contributed by atoms with E-state index in [1.807, 2.05) is 0 Å². The number of benzene rings is 2. The van der Waals surface area contributed by atoms with Gasteiger partial charge in [-0.1, -0.05) is 41.4 Å². The van der Waals surface area contributed by atoms with Gasteiger partial charge in [0.15, 0.2) is 6.79 Å². The van der Waals surface area contributed by atoms with Gasteiger partial charge in [0.05, 0.1) is 53.9 Å². The molecule has 1 fully saturated rings. The average molecular weight is 713 g/mol. The Morgan fingerprint density at radius 3 is 2.55 bits per heavy atom. The Bertz CT molecular complexity index is 1720. The molecule has 0 saturated carbocycles. The van der Waals surface area contributed by atoms with Gasteiger partial charge in [-0.2, -0.15) is 0 Å². The van der Waals surface area contributed by atoms with E-state index < -0.39 is 51.1 Å². The third-order valence-electron chi connectivity index (χ3n) is 7.27.